The number of esters is 1. The molecule has 3 aromatic carbocycles. The first-order valence-corrected chi connectivity index (χ1v) is 11.9. The molecule has 0 bridgehead atoms. The molecule has 7 nitrogen and oxygen atoms in total. The molecule has 3 rings (SSSR count). The van der Waals surface area contributed by atoms with E-state index in [1.54, 1.807) is 60.7 Å². The van der Waals surface area contributed by atoms with Crippen molar-refractivity contribution in [2.75, 3.05) is 24.6 Å². The number of carbonyl (C=O) groups excluding carboxylic acids is 1. The van der Waals surface area contributed by atoms with Crippen LogP contribution in [0.15, 0.2) is 82.2 Å². The second-order valence-corrected chi connectivity index (χ2v) is 9.47. The van der Waals surface area contributed by atoms with Gasteiger partial charge >= 0.3 is 5.97 Å². The number of benzene rings is 3. The van der Waals surface area contributed by atoms with Crippen molar-refractivity contribution in [2.45, 2.75) is 11.8 Å². The molecule has 0 aliphatic carbocycles. The van der Waals surface area contributed by atoms with Crippen LogP contribution >= 0.6 is 15.9 Å². The van der Waals surface area contributed by atoms with Gasteiger partial charge in [-0.05, 0) is 79.7 Å². The Hall–Kier alpha value is -3.04. The largest absolute Gasteiger partial charge is 0.494 e. The Morgan fingerprint density at radius 3 is 1.97 bits per heavy atom. The van der Waals surface area contributed by atoms with Gasteiger partial charge in [-0.3, -0.25) is 4.31 Å². The van der Waals surface area contributed by atoms with Gasteiger partial charge in [-0.2, -0.15) is 0 Å². The first-order valence-electron chi connectivity index (χ1n) is 9.70. The molecule has 0 heterocycles. The molecular formula is C23H22BrNO6S. The lowest BCUT2D eigenvalue weighted by atomic mass is 10.3. The van der Waals surface area contributed by atoms with Crippen LogP contribution in [0.3, 0.4) is 0 Å². The monoisotopic (exact) mass is 519 g/mol. The minimum atomic E-state index is -3.74. The zero-order chi connectivity index (χ0) is 23.1. The van der Waals surface area contributed by atoms with Crippen LogP contribution in [-0.2, 0) is 14.8 Å². The van der Waals surface area contributed by atoms with Gasteiger partial charge in [-0.15, -0.1) is 0 Å². The summed E-state index contributed by atoms with van der Waals surface area (Å²) in [5.41, 5.74) is 0.448. The predicted molar refractivity (Wildman–Crippen MR) is 125 cm³/mol. The van der Waals surface area contributed by atoms with Crippen LogP contribution in [0.5, 0.6) is 17.2 Å². The van der Waals surface area contributed by atoms with Crippen molar-refractivity contribution in [3.05, 3.63) is 77.3 Å². The van der Waals surface area contributed by atoms with Crippen molar-refractivity contribution < 1.29 is 27.4 Å². The Balaban J connectivity index is 1.60. The number of carbonyl (C=O) groups is 1. The number of sulfonamides is 1. The highest BCUT2D eigenvalue weighted by Gasteiger charge is 2.21. The highest BCUT2D eigenvalue weighted by Crippen LogP contribution is 2.25. The van der Waals surface area contributed by atoms with E-state index in [1.165, 1.54) is 23.5 Å². The average molecular weight is 520 g/mol. The average Bonchev–Trinajstić information content (AvgIpc) is 2.80. The van der Waals surface area contributed by atoms with E-state index in [9.17, 15) is 13.2 Å². The Labute approximate surface area is 195 Å². The summed E-state index contributed by atoms with van der Waals surface area (Å²) in [4.78, 5) is 12.1. The first-order chi connectivity index (χ1) is 15.3. The van der Waals surface area contributed by atoms with Crippen LogP contribution in [0, 0.1) is 0 Å². The van der Waals surface area contributed by atoms with E-state index < -0.39 is 16.0 Å². The molecule has 0 atom stereocenters. The second kappa shape index (κ2) is 10.5. The van der Waals surface area contributed by atoms with Gasteiger partial charge in [0.1, 0.15) is 17.2 Å². The Bertz CT molecular complexity index is 1150. The molecule has 32 heavy (non-hydrogen) atoms. The number of halogens is 1. The molecule has 0 unspecified atom stereocenters. The van der Waals surface area contributed by atoms with Gasteiger partial charge in [0, 0.05) is 11.5 Å². The van der Waals surface area contributed by atoms with E-state index >= 15 is 0 Å². The quantitative estimate of drug-likeness (QED) is 0.302. The summed E-state index contributed by atoms with van der Waals surface area (Å²) in [5, 5.41) is 0. The Morgan fingerprint density at radius 1 is 0.844 bits per heavy atom. The minimum Gasteiger partial charge on any atom is -0.494 e. The van der Waals surface area contributed by atoms with Crippen molar-refractivity contribution in [3.8, 4) is 17.2 Å². The first kappa shape index (κ1) is 23.6. The summed E-state index contributed by atoms with van der Waals surface area (Å²) >= 11 is 3.31. The Kier molecular flexibility index (Phi) is 7.76. The maximum Gasteiger partial charge on any atom is 0.349 e. The number of hydrogen-bond donors (Lipinski definition) is 0. The molecule has 0 saturated heterocycles. The second-order valence-electron chi connectivity index (χ2n) is 6.59. The zero-order valence-corrected chi connectivity index (χ0v) is 19.9. The maximum absolute atomic E-state index is 12.9. The van der Waals surface area contributed by atoms with E-state index in [4.69, 9.17) is 14.2 Å². The summed E-state index contributed by atoms with van der Waals surface area (Å²) in [7, 11) is -2.27. The van der Waals surface area contributed by atoms with Crippen LogP contribution in [0.25, 0.3) is 0 Å². The number of nitrogens with zero attached hydrogens (tertiary/aromatic N) is 1. The fourth-order valence-corrected chi connectivity index (χ4v) is 4.19. The van der Waals surface area contributed by atoms with E-state index in [2.05, 4.69) is 15.9 Å². The summed E-state index contributed by atoms with van der Waals surface area (Å²) in [5.74, 6) is 0.882. The summed E-state index contributed by atoms with van der Waals surface area (Å²) in [6.45, 7) is 2.08. The molecule has 9 heteroatoms. The van der Waals surface area contributed by atoms with E-state index in [-0.39, 0.29) is 11.5 Å². The predicted octanol–water partition coefficient (Wildman–Crippen LogP) is 4.66. The van der Waals surface area contributed by atoms with Crippen molar-refractivity contribution in [1.82, 2.24) is 0 Å². The molecule has 0 aliphatic rings. The number of rotatable bonds is 9. The fraction of sp³-hybridized carbons (Fsp3) is 0.174. The molecule has 0 N–H and O–H groups in total. The zero-order valence-electron chi connectivity index (χ0n) is 17.5. The van der Waals surface area contributed by atoms with Crippen LogP contribution in [0.4, 0.5) is 5.69 Å². The van der Waals surface area contributed by atoms with E-state index in [0.29, 0.717) is 29.5 Å². The smallest absolute Gasteiger partial charge is 0.349 e. The molecular weight excluding hydrogens is 498 g/mol. The van der Waals surface area contributed by atoms with Gasteiger partial charge < -0.3 is 14.2 Å². The van der Waals surface area contributed by atoms with Gasteiger partial charge in [-0.1, -0.05) is 15.9 Å². The lowest BCUT2D eigenvalue weighted by Gasteiger charge is -2.20. The van der Waals surface area contributed by atoms with Gasteiger partial charge in [0.2, 0.25) is 0 Å². The SMILES string of the molecule is CCOc1ccc(S(=O)(=O)N(C)c2ccc(OCC(=O)Oc3ccc(Br)cc3)cc2)cc1. The molecule has 168 valence electrons. The molecule has 0 aromatic heterocycles. The summed E-state index contributed by atoms with van der Waals surface area (Å²) in [6, 6.07) is 19.5. The topological polar surface area (TPSA) is 82.1 Å². The van der Waals surface area contributed by atoms with Crippen LogP contribution in [-0.4, -0.2) is 34.6 Å². The van der Waals surface area contributed by atoms with Crippen LogP contribution in [0.2, 0.25) is 0 Å². The molecule has 0 radical (unpaired) electrons. The number of hydrogen-bond acceptors (Lipinski definition) is 6. The van der Waals surface area contributed by atoms with Gasteiger partial charge in [0.05, 0.1) is 17.2 Å². The van der Waals surface area contributed by atoms with Crippen molar-refractivity contribution in [2.24, 2.45) is 0 Å². The third kappa shape index (κ3) is 6.02. The molecule has 0 spiro atoms. The number of anilines is 1. The summed E-state index contributed by atoms with van der Waals surface area (Å²) in [6.07, 6.45) is 0. The van der Waals surface area contributed by atoms with Crippen molar-refractivity contribution in [1.29, 1.82) is 0 Å². The van der Waals surface area contributed by atoms with E-state index in [1.807, 2.05) is 6.92 Å². The molecule has 0 aliphatic heterocycles. The van der Waals surface area contributed by atoms with Gasteiger partial charge in [-0.25, -0.2) is 13.2 Å². The molecule has 0 saturated carbocycles. The molecule has 0 fully saturated rings. The highest BCUT2D eigenvalue weighted by molar-refractivity contribution is 9.10. The van der Waals surface area contributed by atoms with Crippen molar-refractivity contribution >= 4 is 37.6 Å². The van der Waals surface area contributed by atoms with Crippen LogP contribution < -0.4 is 18.5 Å². The molecule has 0 amide bonds. The number of ether oxygens (including phenoxy) is 3. The third-order valence-corrected chi connectivity index (χ3v) is 6.72. The lowest BCUT2D eigenvalue weighted by molar-refractivity contribution is -0.136. The third-order valence-electron chi connectivity index (χ3n) is 4.40. The standard InChI is InChI=1S/C23H22BrNO6S/c1-3-29-19-12-14-22(15-13-19)32(27,28)25(2)18-6-10-20(11-7-18)30-16-23(26)31-21-8-4-17(24)5-9-21/h4-15H,3,16H2,1-2H3. The normalized spacial score (nSPS) is 11.0. The highest BCUT2D eigenvalue weighted by atomic mass is 79.9. The maximum atomic E-state index is 12.9. The lowest BCUT2D eigenvalue weighted by Crippen LogP contribution is -2.26. The van der Waals surface area contributed by atoms with E-state index in [0.717, 1.165) is 4.47 Å². The summed E-state index contributed by atoms with van der Waals surface area (Å²) < 4.78 is 43.8. The van der Waals surface area contributed by atoms with Gasteiger partial charge in [0.15, 0.2) is 6.61 Å². The minimum absolute atomic E-state index is 0.152. The fourth-order valence-electron chi connectivity index (χ4n) is 2.73. The Morgan fingerprint density at radius 2 is 1.38 bits per heavy atom. The van der Waals surface area contributed by atoms with Crippen LogP contribution in [0.1, 0.15) is 6.92 Å². The van der Waals surface area contributed by atoms with Gasteiger partial charge in [0.25, 0.3) is 10.0 Å². The molecule has 3 aromatic rings. The van der Waals surface area contributed by atoms with Crippen molar-refractivity contribution in [3.63, 3.8) is 0 Å².